The van der Waals surface area contributed by atoms with E-state index in [9.17, 15) is 23.3 Å². The average Bonchev–Trinajstić information content (AvgIpc) is 2.70. The van der Waals surface area contributed by atoms with Crippen LogP contribution in [0.25, 0.3) is 0 Å². The summed E-state index contributed by atoms with van der Waals surface area (Å²) in [6.07, 6.45) is 3.32. The molecule has 4 N–H and O–H groups in total. The number of guanidine groups is 1. The molecule has 0 aromatic heterocycles. The van der Waals surface area contributed by atoms with E-state index in [1.54, 1.807) is 35.4 Å². The van der Waals surface area contributed by atoms with E-state index in [1.165, 1.54) is 6.07 Å². The minimum atomic E-state index is -3.89. The summed E-state index contributed by atoms with van der Waals surface area (Å²) in [7, 11) is -3.89. The third kappa shape index (κ3) is 7.26. The van der Waals surface area contributed by atoms with Crippen molar-refractivity contribution in [2.45, 2.75) is 50.0 Å². The number of hydrogen-bond donors (Lipinski definition) is 3. The molecule has 30 heavy (non-hydrogen) atoms. The zero-order valence-corrected chi connectivity index (χ0v) is 17.7. The maximum absolute atomic E-state index is 13.0. The van der Waals surface area contributed by atoms with Crippen molar-refractivity contribution in [1.29, 1.82) is 0 Å². The molecule has 2 rings (SSSR count). The Bertz CT molecular complexity index is 883. The van der Waals surface area contributed by atoms with Crippen LogP contribution in [-0.4, -0.2) is 55.9 Å². The van der Waals surface area contributed by atoms with Gasteiger partial charge in [-0.2, -0.15) is 4.72 Å². The first-order chi connectivity index (χ1) is 14.2. The fourth-order valence-corrected chi connectivity index (χ4v) is 4.56. The molecule has 0 radical (unpaired) electrons. The normalized spacial score (nSPS) is 16.2. The van der Waals surface area contributed by atoms with E-state index in [2.05, 4.69) is 9.71 Å². The van der Waals surface area contributed by atoms with Crippen LogP contribution in [0.2, 0.25) is 0 Å². The maximum atomic E-state index is 13.0. The summed E-state index contributed by atoms with van der Waals surface area (Å²) in [6, 6.07) is 5.50. The fraction of sp³-hybridized carbons (Fsp3) is 0.556. The molecule has 0 unspecified atom stereocenters. The second kappa shape index (κ2) is 10.9. The van der Waals surface area contributed by atoms with E-state index in [0.717, 1.165) is 24.8 Å². The van der Waals surface area contributed by atoms with Crippen LogP contribution in [0.4, 0.5) is 0 Å². The summed E-state index contributed by atoms with van der Waals surface area (Å²) in [6.45, 7) is 3.10. The molecule has 11 nitrogen and oxygen atoms in total. The van der Waals surface area contributed by atoms with Crippen LogP contribution in [0.5, 0.6) is 0 Å². The monoisotopic (exact) mass is 440 g/mol. The topological polar surface area (TPSA) is 160 Å². The molecule has 1 fully saturated rings. The second-order valence-corrected chi connectivity index (χ2v) is 8.87. The molecule has 1 aromatic rings. The Kier molecular flexibility index (Phi) is 8.54. The number of sulfonamides is 1. The van der Waals surface area contributed by atoms with Crippen molar-refractivity contribution in [3.8, 4) is 0 Å². The van der Waals surface area contributed by atoms with Crippen LogP contribution in [-0.2, 0) is 14.8 Å². The van der Waals surface area contributed by atoms with Crippen molar-refractivity contribution < 1.29 is 18.2 Å². The number of aliphatic imine (C=N–C) groups is 1. The largest absolute Gasteiger partial charge is 0.365 e. The molecule has 1 aromatic carbocycles. The standard InChI is InChI=1S/C18H28N6O5S/c1-14-7-5-8-15(13-14)30(28,29)22-16(17(25)23-11-3-2-4-12-23)9-6-10-20-18(19)21-24(26)27/h5,7-8,13,16,22H,2-4,6,9-12H2,1H3,(H3,19,20,21)/t16-/m0/s1. The highest BCUT2D eigenvalue weighted by atomic mass is 32.2. The van der Waals surface area contributed by atoms with Gasteiger partial charge in [-0.25, -0.2) is 23.5 Å². The molecular weight excluding hydrogens is 412 g/mol. The number of hydrazine groups is 1. The van der Waals surface area contributed by atoms with Gasteiger partial charge in [0, 0.05) is 19.6 Å². The van der Waals surface area contributed by atoms with E-state index in [1.807, 2.05) is 0 Å². The summed E-state index contributed by atoms with van der Waals surface area (Å²) in [5.74, 6) is -0.620. The smallest absolute Gasteiger partial charge is 0.251 e. The molecule has 0 bridgehead atoms. The van der Waals surface area contributed by atoms with Gasteiger partial charge in [-0.15, -0.1) is 0 Å². The molecular formula is C18H28N6O5S. The maximum Gasteiger partial charge on any atom is 0.251 e. The second-order valence-electron chi connectivity index (χ2n) is 7.15. The Hall–Kier alpha value is -2.73. The number of nitrogens with one attached hydrogen (secondary N) is 2. The van der Waals surface area contributed by atoms with Crippen molar-refractivity contribution in [3.05, 3.63) is 39.9 Å². The minimum Gasteiger partial charge on any atom is -0.365 e. The third-order valence-electron chi connectivity index (χ3n) is 4.70. The number of benzene rings is 1. The Morgan fingerprint density at radius 2 is 2.03 bits per heavy atom. The number of likely N-dealkylation sites (tertiary alicyclic amines) is 1. The van der Waals surface area contributed by atoms with E-state index < -0.39 is 21.1 Å². The summed E-state index contributed by atoms with van der Waals surface area (Å²) < 4.78 is 28.2. The van der Waals surface area contributed by atoms with Crippen molar-refractivity contribution >= 4 is 21.9 Å². The van der Waals surface area contributed by atoms with Crippen molar-refractivity contribution in [1.82, 2.24) is 15.0 Å². The molecule has 0 spiro atoms. The molecule has 166 valence electrons. The van der Waals surface area contributed by atoms with Gasteiger partial charge in [0.15, 0.2) is 5.03 Å². The van der Waals surface area contributed by atoms with E-state index in [0.29, 0.717) is 19.5 Å². The lowest BCUT2D eigenvalue weighted by Gasteiger charge is -2.30. The first kappa shape index (κ1) is 23.5. The predicted octanol–water partition coefficient (Wildman–Crippen LogP) is 0.531. The number of amides is 1. The first-order valence-electron chi connectivity index (χ1n) is 9.78. The number of hydrogen-bond acceptors (Lipinski definition) is 6. The number of carbonyl (C=O) groups excluding carboxylic acids is 1. The van der Waals surface area contributed by atoms with Crippen LogP contribution < -0.4 is 15.9 Å². The lowest BCUT2D eigenvalue weighted by atomic mass is 10.1. The van der Waals surface area contributed by atoms with Gasteiger partial charge in [0.1, 0.15) is 6.04 Å². The summed E-state index contributed by atoms with van der Waals surface area (Å²) in [5, 5.41) is 9.52. The summed E-state index contributed by atoms with van der Waals surface area (Å²) in [4.78, 5) is 28.9. The lowest BCUT2D eigenvalue weighted by molar-refractivity contribution is -0.525. The minimum absolute atomic E-state index is 0.0939. The summed E-state index contributed by atoms with van der Waals surface area (Å²) in [5.41, 5.74) is 7.90. The first-order valence-corrected chi connectivity index (χ1v) is 11.3. The van der Waals surface area contributed by atoms with Gasteiger partial charge in [-0.3, -0.25) is 4.79 Å². The van der Waals surface area contributed by atoms with Crippen LogP contribution in [0.3, 0.4) is 0 Å². The average molecular weight is 441 g/mol. The molecule has 1 atom stereocenters. The number of aryl methyl sites for hydroxylation is 1. The third-order valence-corrected chi connectivity index (χ3v) is 6.17. The van der Waals surface area contributed by atoms with Gasteiger partial charge in [-0.1, -0.05) is 17.6 Å². The number of nitrogens with zero attached hydrogens (tertiary/aromatic N) is 3. The van der Waals surface area contributed by atoms with Gasteiger partial charge >= 0.3 is 0 Å². The molecule has 1 aliphatic rings. The Labute approximate surface area is 175 Å². The van der Waals surface area contributed by atoms with Crippen LogP contribution in [0.15, 0.2) is 34.2 Å². The Morgan fingerprint density at radius 1 is 1.33 bits per heavy atom. The molecule has 12 heteroatoms. The molecule has 1 saturated heterocycles. The van der Waals surface area contributed by atoms with Crippen LogP contribution in [0, 0.1) is 17.0 Å². The van der Waals surface area contributed by atoms with Gasteiger partial charge in [0.25, 0.3) is 5.96 Å². The van der Waals surface area contributed by atoms with Gasteiger partial charge in [0.05, 0.1) is 4.90 Å². The number of rotatable bonds is 9. The molecule has 1 amide bonds. The molecule has 0 aliphatic carbocycles. The van der Waals surface area contributed by atoms with E-state index >= 15 is 0 Å². The molecule has 0 saturated carbocycles. The van der Waals surface area contributed by atoms with Gasteiger partial charge in [-0.05, 0) is 56.7 Å². The quantitative estimate of drug-likeness (QED) is 0.166. The number of piperidine rings is 1. The van der Waals surface area contributed by atoms with Crippen molar-refractivity contribution in [2.75, 3.05) is 19.6 Å². The van der Waals surface area contributed by atoms with Gasteiger partial charge < -0.3 is 10.6 Å². The van der Waals surface area contributed by atoms with E-state index in [4.69, 9.17) is 5.73 Å². The number of nitrogens with two attached hydrogens (primary N) is 1. The Balaban J connectivity index is 2.10. The lowest BCUT2D eigenvalue weighted by Crippen LogP contribution is -2.50. The highest BCUT2D eigenvalue weighted by Gasteiger charge is 2.29. The zero-order valence-electron chi connectivity index (χ0n) is 16.9. The Morgan fingerprint density at radius 3 is 2.67 bits per heavy atom. The summed E-state index contributed by atoms with van der Waals surface area (Å²) >= 11 is 0. The van der Waals surface area contributed by atoms with Crippen molar-refractivity contribution in [3.63, 3.8) is 0 Å². The molecule has 1 heterocycles. The van der Waals surface area contributed by atoms with Crippen LogP contribution in [0.1, 0.15) is 37.7 Å². The SMILES string of the molecule is Cc1cccc(S(=O)(=O)N[C@@H](CCCN=C(N)N[N+](=O)[O-])C(=O)N2CCCCC2)c1. The number of carbonyl (C=O) groups is 1. The fourth-order valence-electron chi connectivity index (χ4n) is 3.23. The van der Waals surface area contributed by atoms with Crippen LogP contribution >= 0.6 is 0 Å². The highest BCUT2D eigenvalue weighted by Crippen LogP contribution is 2.16. The van der Waals surface area contributed by atoms with E-state index in [-0.39, 0.29) is 29.7 Å². The van der Waals surface area contributed by atoms with Gasteiger partial charge in [0.2, 0.25) is 15.9 Å². The van der Waals surface area contributed by atoms with Crippen molar-refractivity contribution in [2.24, 2.45) is 10.7 Å². The predicted molar refractivity (Wildman–Crippen MR) is 112 cm³/mol. The zero-order chi connectivity index (χ0) is 22.1. The molecule has 1 aliphatic heterocycles. The highest BCUT2D eigenvalue weighted by molar-refractivity contribution is 7.89. The number of nitro groups is 1.